The van der Waals surface area contributed by atoms with Crippen LogP contribution in [0.15, 0.2) is 24.4 Å². The van der Waals surface area contributed by atoms with Crippen LogP contribution in [0.5, 0.6) is 0 Å². The molecule has 5 heteroatoms. The number of hydrogen-bond acceptors (Lipinski definition) is 3. The van der Waals surface area contributed by atoms with Crippen LogP contribution in [0.25, 0.3) is 10.9 Å². The maximum Gasteiger partial charge on any atom is 0.224 e. The molecule has 0 aliphatic heterocycles. The quantitative estimate of drug-likeness (QED) is 0.843. The molecule has 1 amide bonds. The van der Waals surface area contributed by atoms with Gasteiger partial charge >= 0.3 is 0 Å². The number of hydrogen-bond donors (Lipinski definition) is 2. The molecule has 0 aliphatic carbocycles. The number of benzene rings is 1. The molecular formula is C12H13N3O2. The molecule has 1 heterocycles. The van der Waals surface area contributed by atoms with E-state index in [1.807, 2.05) is 18.2 Å². The van der Waals surface area contributed by atoms with E-state index in [0.29, 0.717) is 5.69 Å². The third kappa shape index (κ3) is 2.90. The zero-order valence-corrected chi connectivity index (χ0v) is 9.49. The fourth-order valence-electron chi connectivity index (χ4n) is 1.53. The summed E-state index contributed by atoms with van der Waals surface area (Å²) < 4.78 is 0. The molecule has 0 bridgehead atoms. The van der Waals surface area contributed by atoms with Gasteiger partial charge in [0.2, 0.25) is 5.91 Å². The molecule has 1 aromatic carbocycles. The maximum atomic E-state index is 11.5. The van der Waals surface area contributed by atoms with Gasteiger partial charge in [-0.05, 0) is 25.1 Å². The zero-order chi connectivity index (χ0) is 12.3. The number of aromatic amines is 1. The van der Waals surface area contributed by atoms with Crippen LogP contribution < -0.4 is 5.32 Å². The number of carbonyl (C=O) groups is 2. The van der Waals surface area contributed by atoms with Crippen molar-refractivity contribution in [2.45, 2.75) is 19.8 Å². The summed E-state index contributed by atoms with van der Waals surface area (Å²) in [7, 11) is 0. The monoisotopic (exact) mass is 231 g/mol. The number of amides is 1. The second-order valence-corrected chi connectivity index (χ2v) is 3.92. The predicted octanol–water partition coefficient (Wildman–Crippen LogP) is 1.87. The van der Waals surface area contributed by atoms with Gasteiger partial charge in [-0.25, -0.2) is 0 Å². The molecule has 17 heavy (non-hydrogen) atoms. The van der Waals surface area contributed by atoms with Crippen LogP contribution in [0, 0.1) is 0 Å². The maximum absolute atomic E-state index is 11.5. The summed E-state index contributed by atoms with van der Waals surface area (Å²) in [6.45, 7) is 1.48. The van der Waals surface area contributed by atoms with Crippen molar-refractivity contribution >= 4 is 28.3 Å². The lowest BCUT2D eigenvalue weighted by Crippen LogP contribution is -2.12. The summed E-state index contributed by atoms with van der Waals surface area (Å²) in [5.41, 5.74) is 1.57. The van der Waals surface area contributed by atoms with E-state index in [1.54, 1.807) is 6.20 Å². The van der Waals surface area contributed by atoms with Gasteiger partial charge in [-0.15, -0.1) is 0 Å². The van der Waals surface area contributed by atoms with E-state index in [4.69, 9.17) is 0 Å². The lowest BCUT2D eigenvalue weighted by Gasteiger charge is -2.04. The van der Waals surface area contributed by atoms with Gasteiger partial charge in [-0.3, -0.25) is 9.89 Å². The molecule has 0 spiro atoms. The van der Waals surface area contributed by atoms with Gasteiger partial charge in [-0.1, -0.05) is 0 Å². The van der Waals surface area contributed by atoms with Crippen LogP contribution in [0.2, 0.25) is 0 Å². The minimum atomic E-state index is -0.154. The smallest absolute Gasteiger partial charge is 0.224 e. The average molecular weight is 231 g/mol. The van der Waals surface area contributed by atoms with Crippen molar-refractivity contribution in [2.24, 2.45) is 0 Å². The minimum absolute atomic E-state index is 0.0178. The molecule has 0 saturated heterocycles. The van der Waals surface area contributed by atoms with E-state index >= 15 is 0 Å². The van der Waals surface area contributed by atoms with Crippen molar-refractivity contribution in [2.75, 3.05) is 5.32 Å². The normalized spacial score (nSPS) is 10.4. The summed E-state index contributed by atoms with van der Waals surface area (Å²) in [5, 5.41) is 10.5. The number of nitrogens with zero attached hydrogens (tertiary/aromatic N) is 1. The number of aromatic nitrogens is 2. The highest BCUT2D eigenvalue weighted by Gasteiger charge is 2.05. The van der Waals surface area contributed by atoms with Crippen LogP contribution in [0.1, 0.15) is 19.8 Å². The molecule has 1 aromatic heterocycles. The fourth-order valence-corrected chi connectivity index (χ4v) is 1.53. The summed E-state index contributed by atoms with van der Waals surface area (Å²) in [4.78, 5) is 22.2. The first-order valence-electron chi connectivity index (χ1n) is 5.37. The Kier molecular flexibility index (Phi) is 3.18. The van der Waals surface area contributed by atoms with E-state index in [1.165, 1.54) is 6.92 Å². The topological polar surface area (TPSA) is 74.8 Å². The third-order valence-electron chi connectivity index (χ3n) is 2.43. The Hall–Kier alpha value is -2.17. The van der Waals surface area contributed by atoms with E-state index in [2.05, 4.69) is 15.5 Å². The second-order valence-electron chi connectivity index (χ2n) is 3.92. The van der Waals surface area contributed by atoms with Gasteiger partial charge in [0.25, 0.3) is 0 Å². The fraction of sp³-hybridized carbons (Fsp3) is 0.250. The summed E-state index contributed by atoms with van der Waals surface area (Å²) in [5.74, 6) is -0.136. The van der Waals surface area contributed by atoms with Crippen LogP contribution >= 0.6 is 0 Å². The molecular weight excluding hydrogens is 218 g/mol. The van der Waals surface area contributed by atoms with E-state index in [-0.39, 0.29) is 24.5 Å². The van der Waals surface area contributed by atoms with Gasteiger partial charge in [0.15, 0.2) is 0 Å². The van der Waals surface area contributed by atoms with Crippen LogP contribution in [-0.4, -0.2) is 21.9 Å². The molecule has 0 radical (unpaired) electrons. The Morgan fingerprint density at radius 2 is 2.18 bits per heavy atom. The molecule has 0 unspecified atom stereocenters. The molecule has 0 saturated carbocycles. The van der Waals surface area contributed by atoms with Crippen molar-refractivity contribution in [3.63, 3.8) is 0 Å². The second kappa shape index (κ2) is 4.78. The van der Waals surface area contributed by atoms with Crippen molar-refractivity contribution < 1.29 is 9.59 Å². The van der Waals surface area contributed by atoms with Crippen LogP contribution in [-0.2, 0) is 9.59 Å². The van der Waals surface area contributed by atoms with Crippen molar-refractivity contribution in [1.82, 2.24) is 10.2 Å². The summed E-state index contributed by atoms with van der Waals surface area (Å²) in [6.07, 6.45) is 2.21. The minimum Gasteiger partial charge on any atom is -0.326 e. The van der Waals surface area contributed by atoms with Gasteiger partial charge in [-0.2, -0.15) is 5.10 Å². The third-order valence-corrected chi connectivity index (χ3v) is 2.43. The lowest BCUT2D eigenvalue weighted by molar-refractivity contribution is -0.121. The number of nitrogens with one attached hydrogen (secondary N) is 2. The van der Waals surface area contributed by atoms with E-state index in [0.717, 1.165) is 10.9 Å². The molecule has 0 aliphatic rings. The first-order valence-corrected chi connectivity index (χ1v) is 5.37. The van der Waals surface area contributed by atoms with Gasteiger partial charge in [0.05, 0.1) is 11.7 Å². The first-order chi connectivity index (χ1) is 8.15. The van der Waals surface area contributed by atoms with Crippen molar-refractivity contribution in [3.05, 3.63) is 24.4 Å². The highest BCUT2D eigenvalue weighted by Crippen LogP contribution is 2.16. The Balaban J connectivity index is 2.02. The number of H-pyrrole nitrogens is 1. The van der Waals surface area contributed by atoms with Crippen molar-refractivity contribution in [3.8, 4) is 0 Å². The first kappa shape index (κ1) is 11.3. The molecule has 2 N–H and O–H groups in total. The number of ketones is 1. The highest BCUT2D eigenvalue weighted by molar-refractivity contribution is 5.95. The lowest BCUT2D eigenvalue weighted by atomic mass is 10.2. The highest BCUT2D eigenvalue weighted by atomic mass is 16.2. The Morgan fingerprint density at radius 1 is 1.35 bits per heavy atom. The van der Waals surface area contributed by atoms with Crippen molar-refractivity contribution in [1.29, 1.82) is 0 Å². The number of rotatable bonds is 4. The van der Waals surface area contributed by atoms with Gasteiger partial charge in [0, 0.05) is 23.9 Å². The standard InChI is InChI=1S/C12H13N3O2/c1-8(16)2-5-12(17)14-10-4-3-9-7-13-15-11(9)6-10/h3-4,6-7H,2,5H2,1H3,(H,13,15)(H,14,17). The molecule has 2 rings (SSSR count). The van der Waals surface area contributed by atoms with E-state index in [9.17, 15) is 9.59 Å². The van der Waals surface area contributed by atoms with Gasteiger partial charge in [0.1, 0.15) is 5.78 Å². The molecule has 88 valence electrons. The number of carbonyl (C=O) groups excluding carboxylic acids is 2. The summed E-state index contributed by atoms with van der Waals surface area (Å²) >= 11 is 0. The zero-order valence-electron chi connectivity index (χ0n) is 9.49. The largest absolute Gasteiger partial charge is 0.326 e. The van der Waals surface area contributed by atoms with Crippen LogP contribution in [0.4, 0.5) is 5.69 Å². The molecule has 0 fully saturated rings. The number of anilines is 1. The SMILES string of the molecule is CC(=O)CCC(=O)Nc1ccc2cn[nH]c2c1. The molecule has 0 atom stereocenters. The number of fused-ring (bicyclic) bond motifs is 1. The Morgan fingerprint density at radius 3 is 2.94 bits per heavy atom. The Bertz CT molecular complexity index is 560. The molecule has 2 aromatic rings. The number of Topliss-reactive ketones (excluding diaryl/α,β-unsaturated/α-hetero) is 1. The predicted molar refractivity (Wildman–Crippen MR) is 64.6 cm³/mol. The average Bonchev–Trinajstić information content (AvgIpc) is 2.73. The molecule has 5 nitrogen and oxygen atoms in total. The van der Waals surface area contributed by atoms with Crippen LogP contribution in [0.3, 0.4) is 0 Å². The van der Waals surface area contributed by atoms with E-state index < -0.39 is 0 Å². The summed E-state index contributed by atoms with van der Waals surface area (Å²) in [6, 6.07) is 5.50. The van der Waals surface area contributed by atoms with Gasteiger partial charge < -0.3 is 10.1 Å². The Labute approximate surface area is 98.2 Å².